The van der Waals surface area contributed by atoms with Crippen molar-refractivity contribution in [3.8, 4) is 0 Å². The van der Waals surface area contributed by atoms with Gasteiger partial charge in [0.1, 0.15) is 0 Å². The standard InChI is InChI=1S/C12H17N5/c1-8(2)10-7-9(3)13-12(14-10)15-11-5-6-17(4)16-11/h5-8H,1-4H3,(H,13,14,15,16). The molecule has 0 saturated carbocycles. The van der Waals surface area contributed by atoms with E-state index in [4.69, 9.17) is 0 Å². The zero-order chi connectivity index (χ0) is 12.4. The molecule has 0 spiro atoms. The van der Waals surface area contributed by atoms with Crippen molar-refractivity contribution in [2.75, 3.05) is 5.32 Å². The molecule has 5 nitrogen and oxygen atoms in total. The number of aromatic nitrogens is 4. The van der Waals surface area contributed by atoms with Crippen LogP contribution in [0.15, 0.2) is 18.3 Å². The van der Waals surface area contributed by atoms with Crippen molar-refractivity contribution in [2.45, 2.75) is 26.7 Å². The molecule has 0 saturated heterocycles. The lowest BCUT2D eigenvalue weighted by atomic mass is 10.1. The lowest BCUT2D eigenvalue weighted by molar-refractivity contribution is 0.769. The fourth-order valence-electron chi connectivity index (χ4n) is 1.54. The normalized spacial score (nSPS) is 10.9. The number of hydrogen-bond donors (Lipinski definition) is 1. The van der Waals surface area contributed by atoms with E-state index < -0.39 is 0 Å². The highest BCUT2D eigenvalue weighted by atomic mass is 15.3. The van der Waals surface area contributed by atoms with E-state index >= 15 is 0 Å². The number of rotatable bonds is 3. The Balaban J connectivity index is 2.26. The molecule has 0 bridgehead atoms. The second-order valence-electron chi connectivity index (χ2n) is 4.41. The minimum absolute atomic E-state index is 0.390. The third-order valence-corrected chi connectivity index (χ3v) is 2.42. The maximum Gasteiger partial charge on any atom is 0.228 e. The van der Waals surface area contributed by atoms with Gasteiger partial charge >= 0.3 is 0 Å². The summed E-state index contributed by atoms with van der Waals surface area (Å²) in [7, 11) is 1.88. The van der Waals surface area contributed by atoms with Crippen LogP contribution in [-0.4, -0.2) is 19.7 Å². The number of hydrogen-bond acceptors (Lipinski definition) is 4. The molecule has 2 rings (SSSR count). The maximum absolute atomic E-state index is 4.47. The van der Waals surface area contributed by atoms with Gasteiger partial charge in [0.25, 0.3) is 0 Å². The van der Waals surface area contributed by atoms with E-state index in [-0.39, 0.29) is 0 Å². The van der Waals surface area contributed by atoms with Crippen molar-refractivity contribution in [2.24, 2.45) is 7.05 Å². The molecule has 90 valence electrons. The van der Waals surface area contributed by atoms with E-state index in [0.717, 1.165) is 17.2 Å². The molecule has 2 aromatic heterocycles. The van der Waals surface area contributed by atoms with Crippen molar-refractivity contribution in [3.63, 3.8) is 0 Å². The third kappa shape index (κ3) is 2.81. The highest BCUT2D eigenvalue weighted by Gasteiger charge is 2.06. The molecule has 0 aromatic carbocycles. The van der Waals surface area contributed by atoms with Crippen LogP contribution < -0.4 is 5.32 Å². The Labute approximate surface area is 101 Å². The van der Waals surface area contributed by atoms with Crippen LogP contribution in [0.2, 0.25) is 0 Å². The molecule has 0 aliphatic rings. The molecule has 2 heterocycles. The first-order valence-corrected chi connectivity index (χ1v) is 5.67. The zero-order valence-electron chi connectivity index (χ0n) is 10.6. The van der Waals surface area contributed by atoms with Gasteiger partial charge in [-0.1, -0.05) is 13.8 Å². The molecule has 0 aliphatic carbocycles. The van der Waals surface area contributed by atoms with Crippen LogP contribution in [-0.2, 0) is 7.05 Å². The van der Waals surface area contributed by atoms with Gasteiger partial charge in [0, 0.05) is 30.7 Å². The summed E-state index contributed by atoms with van der Waals surface area (Å²) in [4.78, 5) is 8.82. The van der Waals surface area contributed by atoms with Gasteiger partial charge < -0.3 is 5.32 Å². The molecule has 1 N–H and O–H groups in total. The highest BCUT2D eigenvalue weighted by molar-refractivity contribution is 5.47. The fourth-order valence-corrected chi connectivity index (χ4v) is 1.54. The van der Waals surface area contributed by atoms with Crippen molar-refractivity contribution < 1.29 is 0 Å². The number of nitrogens with one attached hydrogen (secondary N) is 1. The van der Waals surface area contributed by atoms with Crippen molar-refractivity contribution >= 4 is 11.8 Å². The first-order valence-electron chi connectivity index (χ1n) is 5.67. The molecule has 17 heavy (non-hydrogen) atoms. The number of nitrogens with zero attached hydrogens (tertiary/aromatic N) is 4. The molecule has 0 fully saturated rings. The molecule has 2 aromatic rings. The van der Waals surface area contributed by atoms with Crippen LogP contribution in [0.5, 0.6) is 0 Å². The quantitative estimate of drug-likeness (QED) is 0.881. The van der Waals surface area contributed by atoms with E-state index in [1.807, 2.05) is 32.3 Å². The summed E-state index contributed by atoms with van der Waals surface area (Å²) in [6.45, 7) is 6.20. The lowest BCUT2D eigenvalue weighted by Gasteiger charge is -2.08. The van der Waals surface area contributed by atoms with Gasteiger partial charge in [-0.15, -0.1) is 0 Å². The maximum atomic E-state index is 4.47. The Hall–Kier alpha value is -1.91. The monoisotopic (exact) mass is 231 g/mol. The van der Waals surface area contributed by atoms with Crippen LogP contribution >= 0.6 is 0 Å². The minimum atomic E-state index is 0.390. The molecular weight excluding hydrogens is 214 g/mol. The van der Waals surface area contributed by atoms with Crippen LogP contribution in [0, 0.1) is 6.92 Å². The predicted molar refractivity (Wildman–Crippen MR) is 67.3 cm³/mol. The van der Waals surface area contributed by atoms with E-state index in [1.54, 1.807) is 4.68 Å². The molecule has 0 unspecified atom stereocenters. The number of aryl methyl sites for hydroxylation is 2. The topological polar surface area (TPSA) is 55.6 Å². The van der Waals surface area contributed by atoms with Crippen molar-refractivity contribution in [1.82, 2.24) is 19.7 Å². The Bertz CT molecular complexity index is 515. The van der Waals surface area contributed by atoms with Gasteiger partial charge in [-0.3, -0.25) is 4.68 Å². The Morgan fingerprint density at radius 2 is 2.06 bits per heavy atom. The SMILES string of the molecule is Cc1cc(C(C)C)nc(Nc2ccn(C)n2)n1. The van der Waals surface area contributed by atoms with E-state index in [1.165, 1.54) is 0 Å². The summed E-state index contributed by atoms with van der Waals surface area (Å²) in [5, 5.41) is 7.34. The van der Waals surface area contributed by atoms with Crippen LogP contribution in [0.25, 0.3) is 0 Å². The largest absolute Gasteiger partial charge is 0.307 e. The molecule has 5 heteroatoms. The third-order valence-electron chi connectivity index (χ3n) is 2.42. The summed E-state index contributed by atoms with van der Waals surface area (Å²) in [6.07, 6.45) is 1.88. The highest BCUT2D eigenvalue weighted by Crippen LogP contribution is 2.16. The molecule has 0 atom stereocenters. The lowest BCUT2D eigenvalue weighted by Crippen LogP contribution is -2.03. The van der Waals surface area contributed by atoms with Crippen molar-refractivity contribution in [1.29, 1.82) is 0 Å². The average Bonchev–Trinajstić information content (AvgIpc) is 2.63. The smallest absolute Gasteiger partial charge is 0.228 e. The zero-order valence-corrected chi connectivity index (χ0v) is 10.6. The number of anilines is 2. The first-order chi connectivity index (χ1) is 8.04. The Kier molecular flexibility index (Phi) is 3.08. The molecule has 0 radical (unpaired) electrons. The summed E-state index contributed by atoms with van der Waals surface area (Å²) in [5.74, 6) is 1.75. The second kappa shape index (κ2) is 4.53. The van der Waals surface area contributed by atoms with Gasteiger partial charge in [-0.25, -0.2) is 9.97 Å². The van der Waals surface area contributed by atoms with Crippen LogP contribution in [0.4, 0.5) is 11.8 Å². The van der Waals surface area contributed by atoms with E-state index in [0.29, 0.717) is 11.9 Å². The molecule has 0 amide bonds. The van der Waals surface area contributed by atoms with E-state index in [9.17, 15) is 0 Å². The Morgan fingerprint density at radius 3 is 2.65 bits per heavy atom. The summed E-state index contributed by atoms with van der Waals surface area (Å²) in [5.41, 5.74) is 2.00. The second-order valence-corrected chi connectivity index (χ2v) is 4.41. The predicted octanol–water partition coefficient (Wildman–Crippen LogP) is 2.39. The van der Waals surface area contributed by atoms with Gasteiger partial charge in [-0.05, 0) is 18.9 Å². The summed E-state index contributed by atoms with van der Waals surface area (Å²) in [6, 6.07) is 3.90. The fraction of sp³-hybridized carbons (Fsp3) is 0.417. The van der Waals surface area contributed by atoms with Crippen molar-refractivity contribution in [3.05, 3.63) is 29.7 Å². The van der Waals surface area contributed by atoms with Gasteiger partial charge in [0.2, 0.25) is 5.95 Å². The van der Waals surface area contributed by atoms with Gasteiger partial charge in [0.05, 0.1) is 0 Å². The average molecular weight is 231 g/mol. The summed E-state index contributed by atoms with van der Waals surface area (Å²) >= 11 is 0. The minimum Gasteiger partial charge on any atom is -0.307 e. The van der Waals surface area contributed by atoms with Crippen LogP contribution in [0.1, 0.15) is 31.2 Å². The molecule has 0 aliphatic heterocycles. The van der Waals surface area contributed by atoms with Crippen LogP contribution in [0.3, 0.4) is 0 Å². The Morgan fingerprint density at radius 1 is 1.29 bits per heavy atom. The molecular formula is C12H17N5. The first kappa shape index (κ1) is 11.6. The van der Waals surface area contributed by atoms with E-state index in [2.05, 4.69) is 34.2 Å². The van der Waals surface area contributed by atoms with Gasteiger partial charge in [-0.2, -0.15) is 5.10 Å². The van der Waals surface area contributed by atoms with Gasteiger partial charge in [0.15, 0.2) is 5.82 Å². The summed E-state index contributed by atoms with van der Waals surface area (Å²) < 4.78 is 1.74.